The van der Waals surface area contributed by atoms with Crippen molar-refractivity contribution in [3.05, 3.63) is 22.3 Å². The molecule has 0 aliphatic carbocycles. The Balaban J connectivity index is 5.56. The first-order chi connectivity index (χ1) is 10.1. The molecule has 3 heteroatoms. The molecular formula is C18H34O2Sn. The molecule has 0 fully saturated rings. The number of rotatable bonds is 12. The van der Waals surface area contributed by atoms with Crippen LogP contribution in [-0.2, 0) is 9.53 Å². The number of methoxy groups -OCH3 is 1. The normalized spacial score (nSPS) is 12.3. The van der Waals surface area contributed by atoms with Crippen LogP contribution in [-0.4, -0.2) is 31.5 Å². The molecule has 0 saturated carbocycles. The second-order valence-electron chi connectivity index (χ2n) is 5.90. The van der Waals surface area contributed by atoms with Crippen LogP contribution in [0, 0.1) is 0 Å². The van der Waals surface area contributed by atoms with Crippen LogP contribution in [0.15, 0.2) is 22.3 Å². The molecule has 0 amide bonds. The van der Waals surface area contributed by atoms with Crippen molar-refractivity contribution in [3.63, 3.8) is 0 Å². The molecule has 0 saturated heterocycles. The first kappa shape index (κ1) is 20.7. The summed E-state index contributed by atoms with van der Waals surface area (Å²) in [7, 11) is 1.51. The second-order valence-corrected chi connectivity index (χ2v) is 19.0. The fourth-order valence-corrected chi connectivity index (χ4v) is 19.2. The van der Waals surface area contributed by atoms with Crippen molar-refractivity contribution in [1.82, 2.24) is 0 Å². The summed E-state index contributed by atoms with van der Waals surface area (Å²) in [5, 5.41) is 0. The Morgan fingerprint density at radius 2 is 1.43 bits per heavy atom. The molecule has 0 aromatic heterocycles. The summed E-state index contributed by atoms with van der Waals surface area (Å²) in [6.07, 6.45) is 11.1. The van der Waals surface area contributed by atoms with Gasteiger partial charge in [0.05, 0.1) is 0 Å². The average molecular weight is 401 g/mol. The summed E-state index contributed by atoms with van der Waals surface area (Å²) in [6.45, 7) is 10.5. The number of esters is 1. The van der Waals surface area contributed by atoms with Crippen molar-refractivity contribution >= 4 is 24.3 Å². The van der Waals surface area contributed by atoms with E-state index in [4.69, 9.17) is 4.74 Å². The zero-order chi connectivity index (χ0) is 16.1. The molecule has 0 aromatic rings. The molecule has 0 N–H and O–H groups in total. The van der Waals surface area contributed by atoms with Gasteiger partial charge in [-0.2, -0.15) is 0 Å². The minimum absolute atomic E-state index is 0.0889. The van der Waals surface area contributed by atoms with Gasteiger partial charge in [-0.15, -0.1) is 0 Å². The van der Waals surface area contributed by atoms with Crippen LogP contribution in [0.25, 0.3) is 0 Å². The summed E-state index contributed by atoms with van der Waals surface area (Å²) < 4.78 is 9.98. The van der Waals surface area contributed by atoms with Gasteiger partial charge in [-0.1, -0.05) is 0 Å². The van der Waals surface area contributed by atoms with Crippen molar-refractivity contribution in [1.29, 1.82) is 0 Å². The molecule has 0 aliphatic rings. The maximum atomic E-state index is 12.4. The number of hydrogen-bond acceptors (Lipinski definition) is 2. The van der Waals surface area contributed by atoms with E-state index in [2.05, 4.69) is 27.4 Å². The number of ether oxygens (including phenoxy) is 1. The van der Waals surface area contributed by atoms with Gasteiger partial charge < -0.3 is 0 Å². The van der Waals surface area contributed by atoms with Crippen LogP contribution in [0.2, 0.25) is 13.3 Å². The van der Waals surface area contributed by atoms with E-state index >= 15 is 0 Å². The molecule has 122 valence electrons. The number of carbonyl (C=O) groups excluding carboxylic acids is 1. The number of allylic oxidation sites excluding steroid dienone is 2. The Kier molecular flexibility index (Phi) is 12.2. The van der Waals surface area contributed by atoms with Crippen molar-refractivity contribution in [2.45, 2.75) is 72.6 Å². The third-order valence-corrected chi connectivity index (χ3v) is 19.8. The van der Waals surface area contributed by atoms with Crippen molar-refractivity contribution in [2.24, 2.45) is 0 Å². The van der Waals surface area contributed by atoms with Crippen LogP contribution in [0.5, 0.6) is 0 Å². The van der Waals surface area contributed by atoms with E-state index in [0.717, 1.165) is 3.59 Å². The van der Waals surface area contributed by atoms with Gasteiger partial charge in [0.2, 0.25) is 0 Å². The van der Waals surface area contributed by atoms with E-state index in [1.807, 2.05) is 6.08 Å². The molecule has 0 rings (SSSR count). The van der Waals surface area contributed by atoms with Gasteiger partial charge in [0.15, 0.2) is 0 Å². The first-order valence-corrected chi connectivity index (χ1v) is 16.0. The molecule has 2 nitrogen and oxygen atoms in total. The van der Waals surface area contributed by atoms with Gasteiger partial charge in [0, 0.05) is 0 Å². The third-order valence-electron chi connectivity index (χ3n) is 4.29. The van der Waals surface area contributed by atoms with Crippen LogP contribution in [0.1, 0.15) is 59.3 Å². The molecular weight excluding hydrogens is 367 g/mol. The summed E-state index contributed by atoms with van der Waals surface area (Å²) in [6, 6.07) is 0. The fourth-order valence-electron chi connectivity index (χ4n) is 3.01. The Labute approximate surface area is 135 Å². The third kappa shape index (κ3) is 7.03. The molecule has 0 aliphatic heterocycles. The Morgan fingerprint density at radius 3 is 1.71 bits per heavy atom. The van der Waals surface area contributed by atoms with Gasteiger partial charge in [0.25, 0.3) is 0 Å². The monoisotopic (exact) mass is 402 g/mol. The molecule has 0 bridgehead atoms. The van der Waals surface area contributed by atoms with Crippen molar-refractivity contribution < 1.29 is 9.53 Å². The van der Waals surface area contributed by atoms with Crippen LogP contribution in [0.4, 0.5) is 0 Å². The summed E-state index contributed by atoms with van der Waals surface area (Å²) in [5.41, 5.74) is 0. The second kappa shape index (κ2) is 12.3. The average Bonchev–Trinajstić information content (AvgIpc) is 2.52. The van der Waals surface area contributed by atoms with Gasteiger partial charge in [-0.3, -0.25) is 0 Å². The van der Waals surface area contributed by atoms with E-state index in [9.17, 15) is 4.79 Å². The molecule has 0 heterocycles. The topological polar surface area (TPSA) is 26.3 Å². The Morgan fingerprint density at radius 1 is 1.00 bits per heavy atom. The van der Waals surface area contributed by atoms with Gasteiger partial charge in [-0.05, 0) is 0 Å². The van der Waals surface area contributed by atoms with E-state index in [1.54, 1.807) is 6.08 Å². The predicted molar refractivity (Wildman–Crippen MR) is 95.2 cm³/mol. The number of hydrogen-bond donors (Lipinski definition) is 0. The number of carbonyl (C=O) groups is 1. The molecule has 0 atom stereocenters. The van der Waals surface area contributed by atoms with Gasteiger partial charge in [-0.25, -0.2) is 0 Å². The quantitative estimate of drug-likeness (QED) is 0.183. The van der Waals surface area contributed by atoms with Crippen molar-refractivity contribution in [2.75, 3.05) is 7.11 Å². The molecule has 0 aromatic carbocycles. The molecule has 0 spiro atoms. The van der Waals surface area contributed by atoms with Gasteiger partial charge in [0.1, 0.15) is 0 Å². The van der Waals surface area contributed by atoms with Crippen LogP contribution >= 0.6 is 0 Å². The predicted octanol–water partition coefficient (Wildman–Crippen LogP) is 5.66. The van der Waals surface area contributed by atoms with Crippen LogP contribution < -0.4 is 0 Å². The minimum atomic E-state index is -2.67. The number of unbranched alkanes of at least 4 members (excludes halogenated alkanes) is 3. The maximum absolute atomic E-state index is 12.4. The summed E-state index contributed by atoms with van der Waals surface area (Å²) in [4.78, 5) is 12.4. The van der Waals surface area contributed by atoms with Gasteiger partial charge >= 0.3 is 136 Å². The van der Waals surface area contributed by atoms with E-state index in [-0.39, 0.29) is 5.97 Å². The van der Waals surface area contributed by atoms with Crippen molar-refractivity contribution in [3.8, 4) is 0 Å². The zero-order valence-electron chi connectivity index (χ0n) is 14.5. The fraction of sp³-hybridized carbons (Fsp3) is 0.722. The molecule has 0 radical (unpaired) electrons. The van der Waals surface area contributed by atoms with Crippen LogP contribution in [0.3, 0.4) is 0 Å². The first-order valence-electron chi connectivity index (χ1n) is 8.53. The standard InChI is InChI=1S/C6H7O2.3C4H9.Sn/c1-3-4-5-6(7)8-2;3*1-3-4-2;/h3-4H,1H2,2H3;3*1,3-4H2,2H3;. The summed E-state index contributed by atoms with van der Waals surface area (Å²) in [5.74, 6) is -0.0889. The Hall–Kier alpha value is -0.251. The SMILES string of the molecule is C=C/C=[C](/C(=O)OC)[Sn]([CH2]CCC)([CH2]CCC)[CH2]CCC. The molecule has 0 unspecified atom stereocenters. The summed E-state index contributed by atoms with van der Waals surface area (Å²) >= 11 is -2.67. The zero-order valence-corrected chi connectivity index (χ0v) is 17.4. The van der Waals surface area contributed by atoms with E-state index in [1.165, 1.54) is 58.9 Å². The van der Waals surface area contributed by atoms with E-state index in [0.29, 0.717) is 0 Å². The molecule has 21 heavy (non-hydrogen) atoms. The van der Waals surface area contributed by atoms with E-state index < -0.39 is 18.4 Å². The Bertz CT molecular complexity index is 312.